The van der Waals surface area contributed by atoms with Crippen LogP contribution in [0.5, 0.6) is 11.5 Å². The second-order valence-electron chi connectivity index (χ2n) is 7.30. The van der Waals surface area contributed by atoms with Gasteiger partial charge in [-0.15, -0.1) is 0 Å². The number of nitrogens with one attached hydrogen (secondary N) is 1. The average Bonchev–Trinajstić information content (AvgIpc) is 3.08. The van der Waals surface area contributed by atoms with E-state index < -0.39 is 0 Å². The normalized spacial score (nSPS) is 11.2. The number of nitrogens with zero attached hydrogens (tertiary/aromatic N) is 3. The van der Waals surface area contributed by atoms with Crippen LogP contribution in [-0.2, 0) is 13.0 Å². The molecule has 0 unspecified atom stereocenters. The molecule has 0 bridgehead atoms. The molecule has 0 aliphatic heterocycles. The van der Waals surface area contributed by atoms with Crippen molar-refractivity contribution in [2.75, 3.05) is 7.11 Å². The smallest absolute Gasteiger partial charge is 0.216 e. The molecule has 0 aliphatic carbocycles. The lowest BCUT2D eigenvalue weighted by Crippen LogP contribution is -2.01. The van der Waals surface area contributed by atoms with Gasteiger partial charge >= 0.3 is 0 Å². The Morgan fingerprint density at radius 3 is 2.60 bits per heavy atom. The minimum absolute atomic E-state index is 0.483. The van der Waals surface area contributed by atoms with Crippen LogP contribution in [0, 0.1) is 18.6 Å². The zero-order valence-electron chi connectivity index (χ0n) is 17.9. The lowest BCUT2D eigenvalue weighted by Gasteiger charge is -2.12. The molecule has 0 radical (unpaired) electrons. The fourth-order valence-electron chi connectivity index (χ4n) is 3.26. The van der Waals surface area contributed by atoms with E-state index in [2.05, 4.69) is 54.3 Å². The van der Waals surface area contributed by atoms with Gasteiger partial charge in [-0.2, -0.15) is 14.9 Å². The van der Waals surface area contributed by atoms with Crippen molar-refractivity contribution in [3.05, 3.63) is 69.2 Å². The number of aryl methyl sites for hydroxylation is 3. The number of benzene rings is 2. The lowest BCUT2D eigenvalue weighted by molar-refractivity contribution is 0.284. The van der Waals surface area contributed by atoms with Crippen molar-refractivity contribution in [3.63, 3.8) is 0 Å². The minimum atomic E-state index is 0.483. The summed E-state index contributed by atoms with van der Waals surface area (Å²) in [6.07, 6.45) is 4.70. The molecule has 0 spiro atoms. The number of hydrogen-bond donors (Lipinski definition) is 1. The highest BCUT2D eigenvalue weighted by molar-refractivity contribution is 7.71. The van der Waals surface area contributed by atoms with Gasteiger partial charge in [-0.1, -0.05) is 42.7 Å². The Morgan fingerprint density at radius 2 is 1.90 bits per heavy atom. The molecule has 7 heteroatoms. The molecule has 1 heterocycles. The number of aromatic nitrogens is 3. The number of hydrogen-bond acceptors (Lipinski definition) is 5. The second-order valence-corrected chi connectivity index (χ2v) is 7.69. The van der Waals surface area contributed by atoms with Crippen molar-refractivity contribution < 1.29 is 9.47 Å². The van der Waals surface area contributed by atoms with Crippen molar-refractivity contribution in [2.24, 2.45) is 5.10 Å². The molecule has 0 saturated carbocycles. The summed E-state index contributed by atoms with van der Waals surface area (Å²) >= 11 is 5.29. The van der Waals surface area contributed by atoms with E-state index in [0.29, 0.717) is 22.9 Å². The molecule has 6 nitrogen and oxygen atoms in total. The maximum atomic E-state index is 6.01. The molecule has 0 amide bonds. The van der Waals surface area contributed by atoms with Gasteiger partial charge in [-0.25, -0.2) is 0 Å². The Kier molecular flexibility index (Phi) is 7.41. The van der Waals surface area contributed by atoms with E-state index in [1.165, 1.54) is 11.1 Å². The van der Waals surface area contributed by atoms with Gasteiger partial charge in [0.1, 0.15) is 6.61 Å². The molecule has 30 heavy (non-hydrogen) atoms. The third-order valence-electron chi connectivity index (χ3n) is 4.66. The molecule has 0 atom stereocenters. The average molecular weight is 425 g/mol. The summed E-state index contributed by atoms with van der Waals surface area (Å²) in [5, 5.41) is 11.6. The van der Waals surface area contributed by atoms with E-state index in [0.717, 1.165) is 36.2 Å². The fraction of sp³-hybridized carbons (Fsp3) is 0.348. The zero-order chi connectivity index (χ0) is 21.5. The van der Waals surface area contributed by atoms with Crippen LogP contribution in [0.3, 0.4) is 0 Å². The van der Waals surface area contributed by atoms with Gasteiger partial charge in [0.2, 0.25) is 4.77 Å². The van der Waals surface area contributed by atoms with E-state index in [4.69, 9.17) is 21.7 Å². The number of aromatic amines is 1. The topological polar surface area (TPSA) is 64.4 Å². The first-order valence-corrected chi connectivity index (χ1v) is 10.5. The largest absolute Gasteiger partial charge is 0.493 e. The summed E-state index contributed by atoms with van der Waals surface area (Å²) in [6.45, 7) is 6.80. The Bertz CT molecular complexity index is 1060. The molecule has 1 aromatic heterocycles. The van der Waals surface area contributed by atoms with Crippen LogP contribution in [-0.4, -0.2) is 28.2 Å². The minimum Gasteiger partial charge on any atom is -0.493 e. The highest BCUT2D eigenvalue weighted by Crippen LogP contribution is 2.28. The van der Waals surface area contributed by atoms with Gasteiger partial charge < -0.3 is 9.47 Å². The van der Waals surface area contributed by atoms with Crippen molar-refractivity contribution in [1.29, 1.82) is 0 Å². The third-order valence-corrected chi connectivity index (χ3v) is 4.92. The maximum Gasteiger partial charge on any atom is 0.216 e. The van der Waals surface area contributed by atoms with Crippen molar-refractivity contribution in [3.8, 4) is 11.5 Å². The summed E-state index contributed by atoms with van der Waals surface area (Å²) in [7, 11) is 1.63. The highest BCUT2D eigenvalue weighted by atomic mass is 32.1. The van der Waals surface area contributed by atoms with E-state index >= 15 is 0 Å². The van der Waals surface area contributed by atoms with Gasteiger partial charge in [0.15, 0.2) is 17.3 Å². The predicted octanol–water partition coefficient (Wildman–Crippen LogP) is 5.37. The van der Waals surface area contributed by atoms with Crippen molar-refractivity contribution in [1.82, 2.24) is 14.9 Å². The predicted molar refractivity (Wildman–Crippen MR) is 122 cm³/mol. The Hall–Kier alpha value is -2.93. The second kappa shape index (κ2) is 10.2. The molecular weight excluding hydrogens is 396 g/mol. The van der Waals surface area contributed by atoms with Crippen LogP contribution in [0.1, 0.15) is 47.8 Å². The van der Waals surface area contributed by atoms with E-state index in [1.54, 1.807) is 18.0 Å². The standard InChI is InChI=1S/C23H28N4O2S/c1-5-6-7-22-25-26-23(30)27(22)24-14-18-8-9-20(21(13-18)28-4)29-15-19-11-16(2)10-17(3)12-19/h8-14H,5-7,15H2,1-4H3,(H,26,30)/b24-14-. The molecule has 2 aromatic carbocycles. The Balaban J connectivity index is 1.75. The quantitative estimate of drug-likeness (QED) is 0.370. The van der Waals surface area contributed by atoms with Gasteiger partial charge in [0.25, 0.3) is 0 Å². The number of methoxy groups -OCH3 is 1. The van der Waals surface area contributed by atoms with Gasteiger partial charge in [-0.3, -0.25) is 5.10 Å². The molecular formula is C23H28N4O2S. The van der Waals surface area contributed by atoms with Gasteiger partial charge in [0, 0.05) is 6.42 Å². The Morgan fingerprint density at radius 1 is 1.13 bits per heavy atom. The number of H-pyrrole nitrogens is 1. The van der Waals surface area contributed by atoms with E-state index in [-0.39, 0.29) is 0 Å². The lowest BCUT2D eigenvalue weighted by atomic mass is 10.1. The fourth-order valence-corrected chi connectivity index (χ4v) is 3.46. The van der Waals surface area contributed by atoms with Crippen LogP contribution in [0.25, 0.3) is 0 Å². The van der Waals surface area contributed by atoms with Crippen molar-refractivity contribution >= 4 is 18.4 Å². The summed E-state index contributed by atoms with van der Waals surface area (Å²) in [4.78, 5) is 0. The maximum absolute atomic E-state index is 6.01. The van der Waals surface area contributed by atoms with E-state index in [9.17, 15) is 0 Å². The van der Waals surface area contributed by atoms with Crippen LogP contribution < -0.4 is 9.47 Å². The first kappa shape index (κ1) is 21.8. The number of unbranched alkanes of at least 4 members (excludes halogenated alkanes) is 1. The number of rotatable bonds is 9. The summed E-state index contributed by atoms with van der Waals surface area (Å²) < 4.78 is 13.7. The molecule has 0 saturated heterocycles. The molecule has 158 valence electrons. The van der Waals surface area contributed by atoms with Crippen LogP contribution >= 0.6 is 12.2 Å². The van der Waals surface area contributed by atoms with Crippen LogP contribution in [0.2, 0.25) is 0 Å². The molecule has 0 aliphatic rings. The van der Waals surface area contributed by atoms with Gasteiger partial charge in [0.05, 0.1) is 13.3 Å². The van der Waals surface area contributed by atoms with Gasteiger partial charge in [-0.05, 0) is 61.8 Å². The number of ether oxygens (including phenoxy) is 2. The van der Waals surface area contributed by atoms with E-state index in [1.807, 2.05) is 18.2 Å². The Labute approximate surface area is 182 Å². The zero-order valence-corrected chi connectivity index (χ0v) is 18.8. The van der Waals surface area contributed by atoms with Crippen molar-refractivity contribution in [2.45, 2.75) is 46.6 Å². The summed E-state index contributed by atoms with van der Waals surface area (Å²) in [5.74, 6) is 2.18. The molecule has 0 fully saturated rings. The SMILES string of the molecule is CCCCc1n[nH]c(=S)n1/N=C\c1ccc(OCc2cc(C)cc(C)c2)c(OC)c1. The van der Waals surface area contributed by atoms with Crippen LogP contribution in [0.15, 0.2) is 41.5 Å². The first-order valence-electron chi connectivity index (χ1n) is 10.1. The highest BCUT2D eigenvalue weighted by Gasteiger charge is 2.08. The first-order chi connectivity index (χ1) is 14.5. The monoisotopic (exact) mass is 424 g/mol. The molecule has 3 rings (SSSR count). The summed E-state index contributed by atoms with van der Waals surface area (Å²) in [6, 6.07) is 12.2. The third kappa shape index (κ3) is 5.57. The van der Waals surface area contributed by atoms with Crippen LogP contribution in [0.4, 0.5) is 0 Å². The molecule has 1 N–H and O–H groups in total. The summed E-state index contributed by atoms with van der Waals surface area (Å²) in [5.41, 5.74) is 4.47. The molecule has 3 aromatic rings.